The van der Waals surface area contributed by atoms with Crippen LogP contribution in [0.4, 0.5) is 0 Å². The zero-order chi connectivity index (χ0) is 17.6. The molecule has 1 saturated heterocycles. The number of ether oxygens (including phenoxy) is 2. The van der Waals surface area contributed by atoms with E-state index in [1.54, 1.807) is 23.2 Å². The summed E-state index contributed by atoms with van der Waals surface area (Å²) in [7, 11) is 0. The summed E-state index contributed by atoms with van der Waals surface area (Å²) in [6.07, 6.45) is 7.21. The van der Waals surface area contributed by atoms with Crippen molar-refractivity contribution in [3.8, 4) is 5.88 Å². The lowest BCUT2D eigenvalue weighted by atomic mass is 9.98. The van der Waals surface area contributed by atoms with Gasteiger partial charge in [-0.3, -0.25) is 9.59 Å². The van der Waals surface area contributed by atoms with Crippen LogP contribution in [-0.2, 0) is 9.53 Å². The van der Waals surface area contributed by atoms with Crippen molar-refractivity contribution in [2.75, 3.05) is 19.8 Å². The van der Waals surface area contributed by atoms with Crippen molar-refractivity contribution in [3.63, 3.8) is 0 Å². The Balaban J connectivity index is 1.70. The van der Waals surface area contributed by atoms with Gasteiger partial charge < -0.3 is 19.5 Å². The molecule has 136 valence electrons. The van der Waals surface area contributed by atoms with E-state index in [4.69, 9.17) is 14.6 Å². The normalized spacial score (nSPS) is 21.8. The molecule has 1 aromatic heterocycles. The number of hydrogen-bond donors (Lipinski definition) is 1. The van der Waals surface area contributed by atoms with Gasteiger partial charge in [0.2, 0.25) is 5.88 Å². The Morgan fingerprint density at radius 3 is 2.88 bits per heavy atom. The summed E-state index contributed by atoms with van der Waals surface area (Å²) in [5.41, 5.74) is 0.470. The number of carbonyl (C=O) groups excluding carboxylic acids is 1. The van der Waals surface area contributed by atoms with Gasteiger partial charge in [0.1, 0.15) is 6.10 Å². The molecule has 7 nitrogen and oxygen atoms in total. The smallest absolute Gasteiger partial charge is 0.305 e. The van der Waals surface area contributed by atoms with Crippen molar-refractivity contribution in [2.45, 2.75) is 50.7 Å². The third kappa shape index (κ3) is 4.69. The van der Waals surface area contributed by atoms with E-state index < -0.39 is 12.0 Å². The van der Waals surface area contributed by atoms with E-state index in [-0.39, 0.29) is 25.0 Å². The van der Waals surface area contributed by atoms with Crippen LogP contribution in [0.15, 0.2) is 18.3 Å². The summed E-state index contributed by atoms with van der Waals surface area (Å²) in [5, 5.41) is 9.04. The zero-order valence-corrected chi connectivity index (χ0v) is 14.2. The molecule has 0 bridgehead atoms. The third-order valence-electron chi connectivity index (χ3n) is 4.72. The summed E-state index contributed by atoms with van der Waals surface area (Å²) < 4.78 is 11.3. The van der Waals surface area contributed by atoms with E-state index in [2.05, 4.69) is 4.98 Å². The monoisotopic (exact) mass is 348 g/mol. The van der Waals surface area contributed by atoms with Gasteiger partial charge in [-0.05, 0) is 31.7 Å². The van der Waals surface area contributed by atoms with Gasteiger partial charge in [-0.25, -0.2) is 4.98 Å². The van der Waals surface area contributed by atoms with Gasteiger partial charge in [-0.1, -0.05) is 6.42 Å². The number of morpholine rings is 1. The molecule has 0 aromatic carbocycles. The Labute approximate surface area is 146 Å². The second-order valence-corrected chi connectivity index (χ2v) is 6.59. The molecule has 1 atom stereocenters. The third-order valence-corrected chi connectivity index (χ3v) is 4.72. The molecule has 25 heavy (non-hydrogen) atoms. The minimum absolute atomic E-state index is 0.123. The van der Waals surface area contributed by atoms with Crippen molar-refractivity contribution < 1.29 is 24.2 Å². The van der Waals surface area contributed by atoms with E-state index in [0.29, 0.717) is 24.6 Å². The van der Waals surface area contributed by atoms with Crippen LogP contribution in [0.3, 0.4) is 0 Å². The maximum absolute atomic E-state index is 12.8. The molecule has 1 amide bonds. The number of carboxylic acids is 1. The fourth-order valence-electron chi connectivity index (χ4n) is 3.42. The fraction of sp³-hybridized carbons (Fsp3) is 0.611. The molecular formula is C18H24N2O5. The molecule has 0 unspecified atom stereocenters. The summed E-state index contributed by atoms with van der Waals surface area (Å²) in [6, 6.07) is 2.85. The fourth-order valence-corrected chi connectivity index (χ4v) is 3.42. The van der Waals surface area contributed by atoms with Gasteiger partial charge in [-0.2, -0.15) is 0 Å². The quantitative estimate of drug-likeness (QED) is 0.877. The summed E-state index contributed by atoms with van der Waals surface area (Å²) in [4.78, 5) is 29.7. The van der Waals surface area contributed by atoms with Gasteiger partial charge >= 0.3 is 5.97 Å². The first-order chi connectivity index (χ1) is 12.1. The molecular weight excluding hydrogens is 324 g/mol. The van der Waals surface area contributed by atoms with Gasteiger partial charge in [-0.15, -0.1) is 0 Å². The Morgan fingerprint density at radius 2 is 2.12 bits per heavy atom. The molecule has 2 aliphatic rings. The van der Waals surface area contributed by atoms with Gasteiger partial charge in [0, 0.05) is 24.4 Å². The minimum Gasteiger partial charge on any atom is -0.481 e. The van der Waals surface area contributed by atoms with Crippen LogP contribution in [-0.4, -0.2) is 58.8 Å². The molecule has 1 saturated carbocycles. The van der Waals surface area contributed by atoms with Crippen LogP contribution in [0.5, 0.6) is 5.88 Å². The highest BCUT2D eigenvalue weighted by Gasteiger charge is 2.30. The van der Waals surface area contributed by atoms with Crippen LogP contribution in [0.2, 0.25) is 0 Å². The first-order valence-corrected chi connectivity index (χ1v) is 8.86. The second-order valence-electron chi connectivity index (χ2n) is 6.59. The van der Waals surface area contributed by atoms with Crippen LogP contribution in [0, 0.1) is 0 Å². The summed E-state index contributed by atoms with van der Waals surface area (Å²) in [6.45, 7) is 1.05. The average Bonchev–Trinajstić information content (AvgIpc) is 2.62. The number of pyridine rings is 1. The molecule has 1 N–H and O–H groups in total. The Hall–Kier alpha value is -2.15. The molecule has 1 aromatic rings. The number of amides is 1. The molecule has 0 spiro atoms. The lowest BCUT2D eigenvalue weighted by molar-refractivity contribution is -0.139. The Bertz CT molecular complexity index is 615. The molecule has 1 aliphatic heterocycles. The van der Waals surface area contributed by atoms with Crippen molar-refractivity contribution in [3.05, 3.63) is 23.9 Å². The summed E-state index contributed by atoms with van der Waals surface area (Å²) >= 11 is 0. The molecule has 0 radical (unpaired) electrons. The van der Waals surface area contributed by atoms with Crippen molar-refractivity contribution >= 4 is 11.9 Å². The number of aliphatic carboxylic acids is 1. The first-order valence-electron chi connectivity index (χ1n) is 8.86. The number of nitrogens with zero attached hydrogens (tertiary/aromatic N) is 2. The minimum atomic E-state index is -0.940. The predicted octanol–water partition coefficient (Wildman–Crippen LogP) is 2.11. The van der Waals surface area contributed by atoms with Gasteiger partial charge in [0.05, 0.1) is 25.7 Å². The highest BCUT2D eigenvalue weighted by molar-refractivity contribution is 5.95. The maximum Gasteiger partial charge on any atom is 0.305 e. The van der Waals surface area contributed by atoms with Gasteiger partial charge in [0.25, 0.3) is 5.91 Å². The number of carbonyl (C=O) groups is 2. The second kappa shape index (κ2) is 8.29. The molecule has 3 rings (SSSR count). The zero-order valence-electron chi connectivity index (χ0n) is 14.2. The van der Waals surface area contributed by atoms with Crippen LogP contribution in [0.1, 0.15) is 48.9 Å². The Kier molecular flexibility index (Phi) is 5.86. The number of hydrogen-bond acceptors (Lipinski definition) is 5. The lowest BCUT2D eigenvalue weighted by Crippen LogP contribution is -2.49. The number of rotatable bonds is 5. The van der Waals surface area contributed by atoms with Crippen LogP contribution in [0.25, 0.3) is 0 Å². The number of aromatic nitrogens is 1. The van der Waals surface area contributed by atoms with E-state index in [1.807, 2.05) is 0 Å². The highest BCUT2D eigenvalue weighted by Crippen LogP contribution is 2.23. The lowest BCUT2D eigenvalue weighted by Gasteiger charge is -2.35. The summed E-state index contributed by atoms with van der Waals surface area (Å²) in [5.74, 6) is -0.685. The van der Waals surface area contributed by atoms with Gasteiger partial charge in [0.15, 0.2) is 0 Å². The van der Waals surface area contributed by atoms with Crippen molar-refractivity contribution in [1.82, 2.24) is 9.88 Å². The standard InChI is InChI=1S/C18H24N2O5/c21-17(22)11-14-12-24-9-8-20(14)18(23)13-6-7-19-16(10-13)25-15-4-2-1-3-5-15/h6-7,10,14-15H,1-5,8-9,11-12H2,(H,21,22)/t14-/m0/s1. The maximum atomic E-state index is 12.8. The van der Waals surface area contributed by atoms with E-state index in [9.17, 15) is 9.59 Å². The molecule has 2 fully saturated rings. The number of carboxylic acid groups (broad SMARTS) is 1. The topological polar surface area (TPSA) is 89.0 Å². The molecule has 2 heterocycles. The molecule has 7 heteroatoms. The van der Waals surface area contributed by atoms with Crippen LogP contribution >= 0.6 is 0 Å². The van der Waals surface area contributed by atoms with E-state index >= 15 is 0 Å². The SMILES string of the molecule is O=C(O)C[C@H]1COCCN1C(=O)c1ccnc(OC2CCCCC2)c1. The highest BCUT2D eigenvalue weighted by atomic mass is 16.5. The van der Waals surface area contributed by atoms with Crippen LogP contribution < -0.4 is 4.74 Å². The van der Waals surface area contributed by atoms with Crippen molar-refractivity contribution in [2.24, 2.45) is 0 Å². The predicted molar refractivity (Wildman–Crippen MR) is 89.6 cm³/mol. The largest absolute Gasteiger partial charge is 0.481 e. The first kappa shape index (κ1) is 17.7. The van der Waals surface area contributed by atoms with Crippen molar-refractivity contribution in [1.29, 1.82) is 0 Å². The average molecular weight is 348 g/mol. The van der Waals surface area contributed by atoms with E-state index in [0.717, 1.165) is 25.7 Å². The Morgan fingerprint density at radius 1 is 1.32 bits per heavy atom. The molecule has 1 aliphatic carbocycles. The van der Waals surface area contributed by atoms with E-state index in [1.165, 1.54) is 6.42 Å².